The number of hydrogen-bond donors (Lipinski definition) is 1. The van der Waals surface area contributed by atoms with E-state index in [2.05, 4.69) is 64.4 Å². The molecule has 0 aromatic rings. The van der Waals surface area contributed by atoms with Gasteiger partial charge in [0.2, 0.25) is 0 Å². The number of fused-ring (bicyclic) bond motifs is 7. The Morgan fingerprint density at radius 2 is 1.51 bits per heavy atom. The molecule has 0 bridgehead atoms. The third-order valence-electron chi connectivity index (χ3n) is 14.0. The van der Waals surface area contributed by atoms with E-state index in [1.54, 1.807) is 0 Å². The Morgan fingerprint density at radius 1 is 0.865 bits per heavy atom. The zero-order chi connectivity index (χ0) is 26.9. The van der Waals surface area contributed by atoms with Crippen molar-refractivity contribution < 1.29 is 19.4 Å². The molecule has 0 aromatic heterocycles. The monoisotopic (exact) mass is 576 g/mol. The van der Waals surface area contributed by atoms with Gasteiger partial charge in [0.05, 0.1) is 18.6 Å². The van der Waals surface area contributed by atoms with E-state index in [1.165, 1.54) is 22.9 Å². The first-order valence-corrected chi connectivity index (χ1v) is 15.8. The summed E-state index contributed by atoms with van der Waals surface area (Å²) >= 11 is 4.19. The maximum atomic E-state index is 12.9. The van der Waals surface area contributed by atoms with Crippen LogP contribution < -0.4 is 0 Å². The van der Waals surface area contributed by atoms with Crippen molar-refractivity contribution in [3.8, 4) is 0 Å². The van der Waals surface area contributed by atoms with E-state index < -0.39 is 17.2 Å². The van der Waals surface area contributed by atoms with Gasteiger partial charge in [0.25, 0.3) is 0 Å². The highest BCUT2D eigenvalue weighted by atomic mass is 79.9. The quantitative estimate of drug-likeness (QED) is 0.340. The normalized spacial score (nSPS) is 49.6. The number of hydrogen-bond acceptors (Lipinski definition) is 3. The molecule has 5 fully saturated rings. The van der Waals surface area contributed by atoms with Gasteiger partial charge in [0.1, 0.15) is 0 Å². The van der Waals surface area contributed by atoms with E-state index in [1.807, 2.05) is 0 Å². The summed E-state index contributed by atoms with van der Waals surface area (Å²) in [7, 11) is 0. The van der Waals surface area contributed by atoms with Crippen molar-refractivity contribution in [2.24, 2.45) is 50.2 Å². The molecule has 208 valence electrons. The van der Waals surface area contributed by atoms with Gasteiger partial charge in [-0.05, 0) is 107 Å². The van der Waals surface area contributed by atoms with Crippen LogP contribution in [0.4, 0.5) is 0 Å². The Labute approximate surface area is 232 Å². The molecule has 7 unspecified atom stereocenters. The lowest BCUT2D eigenvalue weighted by molar-refractivity contribution is -0.307. The minimum Gasteiger partial charge on any atom is -0.481 e. The topological polar surface area (TPSA) is 55.8 Å². The van der Waals surface area contributed by atoms with Gasteiger partial charge < -0.3 is 14.6 Å². The SMILES string of the molecule is CC1(C)CCC2(C(=O)O)CCC3(C)C(=C(Br)CC4C5(C)CCC6(OCCO6)C(C)(C)C5CCC43C)C2C1. The summed E-state index contributed by atoms with van der Waals surface area (Å²) in [5, 5.41) is 10.6. The van der Waals surface area contributed by atoms with Gasteiger partial charge in [-0.1, -0.05) is 64.4 Å². The predicted octanol–water partition coefficient (Wildman–Crippen LogP) is 8.34. The summed E-state index contributed by atoms with van der Waals surface area (Å²) in [6.45, 7) is 18.7. The van der Waals surface area contributed by atoms with E-state index in [9.17, 15) is 9.90 Å². The third-order valence-corrected chi connectivity index (χ3v) is 14.7. The summed E-state index contributed by atoms with van der Waals surface area (Å²) in [4.78, 5) is 12.9. The highest BCUT2D eigenvalue weighted by Gasteiger charge is 2.72. The standard InChI is InChI=1S/C32H49BrO4/c1-26(2)10-13-31(25(34)35)14-12-30(7)24(20(31)19-26)21(33)18-23-28(5)11-15-32(36-16-17-37-32)27(3,4)22(28)8-9-29(23,30)6/h20,22-23H,8-19H2,1-7H3,(H,34,35). The maximum Gasteiger partial charge on any atom is 0.310 e. The first-order valence-electron chi connectivity index (χ1n) is 15.0. The Morgan fingerprint density at radius 3 is 2.16 bits per heavy atom. The molecule has 1 N–H and O–H groups in total. The van der Waals surface area contributed by atoms with E-state index in [0.29, 0.717) is 25.0 Å². The highest BCUT2D eigenvalue weighted by molar-refractivity contribution is 9.11. The number of ether oxygens (including phenoxy) is 2. The second-order valence-electron chi connectivity index (χ2n) is 16.0. The largest absolute Gasteiger partial charge is 0.481 e. The van der Waals surface area contributed by atoms with Crippen LogP contribution in [0.1, 0.15) is 113 Å². The van der Waals surface area contributed by atoms with Crippen LogP contribution in [-0.2, 0) is 14.3 Å². The molecule has 0 amide bonds. The zero-order valence-corrected chi connectivity index (χ0v) is 25.9. The predicted molar refractivity (Wildman–Crippen MR) is 149 cm³/mol. The van der Waals surface area contributed by atoms with Crippen molar-refractivity contribution in [3.05, 3.63) is 10.1 Å². The maximum absolute atomic E-state index is 12.9. The van der Waals surface area contributed by atoms with Gasteiger partial charge in [-0.25, -0.2) is 0 Å². The lowest BCUT2D eigenvalue weighted by atomic mass is 9.33. The Bertz CT molecular complexity index is 1040. The highest BCUT2D eigenvalue weighted by Crippen LogP contribution is 2.78. The van der Waals surface area contributed by atoms with E-state index >= 15 is 0 Å². The fraction of sp³-hybridized carbons (Fsp3) is 0.906. The molecule has 6 aliphatic rings. The van der Waals surface area contributed by atoms with Crippen LogP contribution in [-0.4, -0.2) is 30.1 Å². The minimum atomic E-state index is -0.593. The van der Waals surface area contributed by atoms with Crippen LogP contribution in [0.25, 0.3) is 0 Å². The molecule has 37 heavy (non-hydrogen) atoms. The van der Waals surface area contributed by atoms with Crippen molar-refractivity contribution >= 4 is 21.9 Å². The van der Waals surface area contributed by atoms with Crippen LogP contribution in [0.3, 0.4) is 0 Å². The van der Waals surface area contributed by atoms with Gasteiger partial charge >= 0.3 is 5.97 Å². The fourth-order valence-electron chi connectivity index (χ4n) is 11.6. The second kappa shape index (κ2) is 7.87. The fourth-order valence-corrected chi connectivity index (χ4v) is 12.6. The number of carboxylic acid groups (broad SMARTS) is 1. The molecule has 4 nitrogen and oxygen atoms in total. The first kappa shape index (κ1) is 26.8. The van der Waals surface area contributed by atoms with Crippen LogP contribution in [0.2, 0.25) is 0 Å². The molecule has 4 saturated carbocycles. The summed E-state index contributed by atoms with van der Waals surface area (Å²) in [5.41, 5.74) is 1.44. The molecule has 5 aliphatic carbocycles. The molecule has 5 heteroatoms. The van der Waals surface area contributed by atoms with Crippen LogP contribution >= 0.6 is 15.9 Å². The van der Waals surface area contributed by atoms with Crippen molar-refractivity contribution in [3.63, 3.8) is 0 Å². The molecule has 0 aromatic carbocycles. The molecular formula is C32H49BrO4. The van der Waals surface area contributed by atoms with E-state index in [4.69, 9.17) is 9.47 Å². The number of carboxylic acids is 1. The molecule has 1 aliphatic heterocycles. The van der Waals surface area contributed by atoms with Gasteiger partial charge in [0, 0.05) is 11.8 Å². The molecule has 0 radical (unpaired) electrons. The molecule has 6 rings (SSSR count). The van der Waals surface area contributed by atoms with E-state index in [-0.39, 0.29) is 33.0 Å². The number of allylic oxidation sites excluding steroid dienone is 2. The Hall–Kier alpha value is -0.390. The molecular weight excluding hydrogens is 528 g/mol. The Kier molecular flexibility index (Phi) is 5.70. The number of rotatable bonds is 1. The summed E-state index contributed by atoms with van der Waals surface area (Å²) in [5.74, 6) is 0.263. The van der Waals surface area contributed by atoms with Gasteiger partial charge in [0.15, 0.2) is 5.79 Å². The number of aliphatic carboxylic acids is 1. The third kappa shape index (κ3) is 3.17. The molecule has 1 heterocycles. The van der Waals surface area contributed by atoms with E-state index in [0.717, 1.165) is 51.4 Å². The zero-order valence-electron chi connectivity index (χ0n) is 24.3. The first-order chi connectivity index (χ1) is 17.1. The van der Waals surface area contributed by atoms with Crippen molar-refractivity contribution in [1.29, 1.82) is 0 Å². The second-order valence-corrected chi connectivity index (χ2v) is 16.9. The van der Waals surface area contributed by atoms with Crippen LogP contribution in [0.15, 0.2) is 10.1 Å². The van der Waals surface area contributed by atoms with Gasteiger partial charge in [-0.2, -0.15) is 0 Å². The number of halogens is 1. The average Bonchev–Trinajstić information content (AvgIpc) is 3.29. The van der Waals surface area contributed by atoms with Crippen molar-refractivity contribution in [2.75, 3.05) is 13.2 Å². The molecule has 1 spiro atoms. The Balaban J connectivity index is 1.45. The van der Waals surface area contributed by atoms with Gasteiger partial charge in [-0.3, -0.25) is 4.79 Å². The summed E-state index contributed by atoms with van der Waals surface area (Å²) < 4.78 is 14.1. The lowest BCUT2D eigenvalue weighted by Gasteiger charge is -2.72. The van der Waals surface area contributed by atoms with Crippen LogP contribution in [0.5, 0.6) is 0 Å². The summed E-state index contributed by atoms with van der Waals surface area (Å²) in [6, 6.07) is 0. The summed E-state index contributed by atoms with van der Waals surface area (Å²) in [6.07, 6.45) is 10.2. The molecule has 7 atom stereocenters. The van der Waals surface area contributed by atoms with Crippen molar-refractivity contribution in [1.82, 2.24) is 0 Å². The van der Waals surface area contributed by atoms with Crippen molar-refractivity contribution in [2.45, 2.75) is 118 Å². The molecule has 1 saturated heterocycles. The van der Waals surface area contributed by atoms with Crippen LogP contribution in [0, 0.1) is 50.2 Å². The lowest BCUT2D eigenvalue weighted by Crippen LogP contribution is -2.67. The minimum absolute atomic E-state index is 0.0272. The van der Waals surface area contributed by atoms with Gasteiger partial charge in [-0.15, -0.1) is 0 Å². The smallest absolute Gasteiger partial charge is 0.310 e. The average molecular weight is 578 g/mol. The number of carbonyl (C=O) groups is 1.